The van der Waals surface area contributed by atoms with E-state index in [4.69, 9.17) is 10.5 Å². The molecule has 1 saturated heterocycles. The molecule has 2 heterocycles. The molecule has 0 aromatic carbocycles. The van der Waals surface area contributed by atoms with Crippen LogP contribution < -0.4 is 5.73 Å². The summed E-state index contributed by atoms with van der Waals surface area (Å²) in [5.41, 5.74) is 7.31. The fourth-order valence-electron chi connectivity index (χ4n) is 1.76. The summed E-state index contributed by atoms with van der Waals surface area (Å²) >= 11 is 0. The van der Waals surface area contributed by atoms with E-state index in [1.165, 1.54) is 5.56 Å². The summed E-state index contributed by atoms with van der Waals surface area (Å²) in [5.74, 6) is 0. The Kier molecular flexibility index (Phi) is 2.79. The number of ether oxygens (including phenoxy) is 1. The second kappa shape index (κ2) is 4.07. The molecule has 3 heteroatoms. The smallest absolute Gasteiger partial charge is 0.0647 e. The molecule has 3 nitrogen and oxygen atoms in total. The molecule has 1 unspecified atom stereocenters. The summed E-state index contributed by atoms with van der Waals surface area (Å²) in [6.45, 7) is 1.51. The van der Waals surface area contributed by atoms with E-state index in [0.29, 0.717) is 6.61 Å². The zero-order valence-corrected chi connectivity index (χ0v) is 8.28. The van der Waals surface area contributed by atoms with Gasteiger partial charge in [-0.1, -0.05) is 6.07 Å². The van der Waals surface area contributed by atoms with Gasteiger partial charge in [-0.2, -0.15) is 0 Å². The molecule has 2 N–H and O–H groups in total. The molecule has 1 atom stereocenters. The minimum absolute atomic E-state index is 0.101. The fourth-order valence-corrected chi connectivity index (χ4v) is 1.76. The molecule has 1 aromatic rings. The maximum Gasteiger partial charge on any atom is 0.0647 e. The average molecular weight is 192 g/mol. The van der Waals surface area contributed by atoms with Crippen molar-refractivity contribution in [3.63, 3.8) is 0 Å². The summed E-state index contributed by atoms with van der Waals surface area (Å²) in [6.07, 6.45) is 6.65. The van der Waals surface area contributed by atoms with Crippen molar-refractivity contribution in [2.24, 2.45) is 5.73 Å². The van der Waals surface area contributed by atoms with Crippen molar-refractivity contribution in [1.82, 2.24) is 4.98 Å². The van der Waals surface area contributed by atoms with E-state index >= 15 is 0 Å². The van der Waals surface area contributed by atoms with Crippen LogP contribution in [-0.2, 0) is 11.2 Å². The van der Waals surface area contributed by atoms with Crippen molar-refractivity contribution in [2.45, 2.75) is 24.8 Å². The van der Waals surface area contributed by atoms with Crippen molar-refractivity contribution in [2.75, 3.05) is 13.2 Å². The van der Waals surface area contributed by atoms with Crippen LogP contribution in [0.2, 0.25) is 0 Å². The lowest BCUT2D eigenvalue weighted by atomic mass is 9.92. The Morgan fingerprint density at radius 3 is 3.14 bits per heavy atom. The van der Waals surface area contributed by atoms with Gasteiger partial charge in [0.15, 0.2) is 0 Å². The van der Waals surface area contributed by atoms with Crippen molar-refractivity contribution in [1.29, 1.82) is 0 Å². The second-order valence-electron chi connectivity index (χ2n) is 4.03. The predicted molar refractivity (Wildman–Crippen MR) is 54.9 cm³/mol. The van der Waals surface area contributed by atoms with Gasteiger partial charge in [-0.05, 0) is 30.9 Å². The van der Waals surface area contributed by atoms with Crippen LogP contribution in [0.15, 0.2) is 24.5 Å². The molecule has 0 spiro atoms. The minimum Gasteiger partial charge on any atom is -0.379 e. The van der Waals surface area contributed by atoms with Gasteiger partial charge in [0.2, 0.25) is 0 Å². The fraction of sp³-hybridized carbons (Fsp3) is 0.545. The lowest BCUT2D eigenvalue weighted by Crippen LogP contribution is -2.40. The Morgan fingerprint density at radius 1 is 1.57 bits per heavy atom. The molecule has 0 radical (unpaired) electrons. The van der Waals surface area contributed by atoms with Crippen LogP contribution in [0.1, 0.15) is 18.4 Å². The molecule has 1 aromatic heterocycles. The number of hydrogen-bond acceptors (Lipinski definition) is 3. The zero-order valence-electron chi connectivity index (χ0n) is 8.28. The highest BCUT2D eigenvalue weighted by Crippen LogP contribution is 2.21. The van der Waals surface area contributed by atoms with Gasteiger partial charge in [-0.25, -0.2) is 0 Å². The lowest BCUT2D eigenvalue weighted by Gasteiger charge is -2.21. The summed E-state index contributed by atoms with van der Waals surface area (Å²) in [5, 5.41) is 0. The third-order valence-corrected chi connectivity index (χ3v) is 2.77. The predicted octanol–water partition coefficient (Wildman–Crippen LogP) is 1.13. The molecule has 0 amide bonds. The first-order valence-electron chi connectivity index (χ1n) is 5.04. The first-order valence-corrected chi connectivity index (χ1v) is 5.04. The molecule has 14 heavy (non-hydrogen) atoms. The van der Waals surface area contributed by atoms with Crippen molar-refractivity contribution in [3.8, 4) is 0 Å². The van der Waals surface area contributed by atoms with E-state index < -0.39 is 0 Å². The molecular formula is C11H16N2O. The molecule has 2 rings (SSSR count). The number of aromatic nitrogens is 1. The maximum atomic E-state index is 6.16. The van der Waals surface area contributed by atoms with Gasteiger partial charge in [0.05, 0.1) is 6.61 Å². The Morgan fingerprint density at radius 2 is 2.50 bits per heavy atom. The topological polar surface area (TPSA) is 48.1 Å². The van der Waals surface area contributed by atoms with E-state index in [0.717, 1.165) is 25.9 Å². The number of nitrogens with zero attached hydrogens (tertiary/aromatic N) is 1. The van der Waals surface area contributed by atoms with E-state index in [1.54, 1.807) is 6.20 Å². The quantitative estimate of drug-likeness (QED) is 0.781. The van der Waals surface area contributed by atoms with Gasteiger partial charge in [-0.3, -0.25) is 4.98 Å². The molecular weight excluding hydrogens is 176 g/mol. The number of nitrogens with two attached hydrogens (primary N) is 1. The van der Waals surface area contributed by atoms with Crippen molar-refractivity contribution in [3.05, 3.63) is 30.1 Å². The highest BCUT2D eigenvalue weighted by Gasteiger charge is 2.29. The molecule has 1 aliphatic rings. The van der Waals surface area contributed by atoms with E-state index in [9.17, 15) is 0 Å². The Balaban J connectivity index is 1.88. The molecule has 0 saturated carbocycles. The summed E-state index contributed by atoms with van der Waals surface area (Å²) < 4.78 is 5.31. The van der Waals surface area contributed by atoms with Crippen LogP contribution in [0.3, 0.4) is 0 Å². The van der Waals surface area contributed by atoms with Crippen LogP contribution in [-0.4, -0.2) is 23.7 Å². The van der Waals surface area contributed by atoms with Gasteiger partial charge >= 0.3 is 0 Å². The van der Waals surface area contributed by atoms with Gasteiger partial charge in [0.25, 0.3) is 0 Å². The van der Waals surface area contributed by atoms with Crippen molar-refractivity contribution < 1.29 is 4.74 Å². The SMILES string of the molecule is NC1(CCc2cccnc2)CCOC1. The molecule has 1 aliphatic heterocycles. The third-order valence-electron chi connectivity index (χ3n) is 2.77. The van der Waals surface area contributed by atoms with Crippen molar-refractivity contribution >= 4 is 0 Å². The lowest BCUT2D eigenvalue weighted by molar-refractivity contribution is 0.176. The maximum absolute atomic E-state index is 6.16. The first kappa shape index (κ1) is 9.62. The van der Waals surface area contributed by atoms with Gasteiger partial charge in [-0.15, -0.1) is 0 Å². The number of hydrogen-bond donors (Lipinski definition) is 1. The van der Waals surface area contributed by atoms with Gasteiger partial charge in [0.1, 0.15) is 0 Å². The van der Waals surface area contributed by atoms with E-state index in [2.05, 4.69) is 11.1 Å². The molecule has 76 valence electrons. The summed E-state index contributed by atoms with van der Waals surface area (Å²) in [6, 6.07) is 4.05. The highest BCUT2D eigenvalue weighted by molar-refractivity contribution is 5.09. The Bertz CT molecular complexity index is 281. The van der Waals surface area contributed by atoms with Gasteiger partial charge in [0, 0.05) is 24.5 Å². The second-order valence-corrected chi connectivity index (χ2v) is 4.03. The van der Waals surface area contributed by atoms with E-state index in [1.807, 2.05) is 12.3 Å². The Labute approximate surface area is 84.3 Å². The summed E-state index contributed by atoms with van der Waals surface area (Å²) in [4.78, 5) is 4.08. The van der Waals surface area contributed by atoms with Crippen LogP contribution in [0.5, 0.6) is 0 Å². The normalized spacial score (nSPS) is 26.6. The molecule has 0 aliphatic carbocycles. The third kappa shape index (κ3) is 2.30. The van der Waals surface area contributed by atoms with Crippen LogP contribution in [0.25, 0.3) is 0 Å². The summed E-state index contributed by atoms with van der Waals surface area (Å²) in [7, 11) is 0. The largest absolute Gasteiger partial charge is 0.379 e. The zero-order chi connectivity index (χ0) is 9.86. The monoisotopic (exact) mass is 192 g/mol. The number of aryl methyl sites for hydroxylation is 1. The van der Waals surface area contributed by atoms with Crippen LogP contribution in [0, 0.1) is 0 Å². The Hall–Kier alpha value is -0.930. The number of pyridine rings is 1. The highest BCUT2D eigenvalue weighted by atomic mass is 16.5. The van der Waals surface area contributed by atoms with Crippen LogP contribution in [0.4, 0.5) is 0 Å². The minimum atomic E-state index is -0.101. The van der Waals surface area contributed by atoms with Gasteiger partial charge < -0.3 is 10.5 Å². The standard InChI is InChI=1S/C11H16N2O/c12-11(5-7-14-9-11)4-3-10-2-1-6-13-8-10/h1-2,6,8H,3-5,7,9,12H2. The van der Waals surface area contributed by atoms with Crippen LogP contribution >= 0.6 is 0 Å². The number of rotatable bonds is 3. The average Bonchev–Trinajstić information content (AvgIpc) is 2.65. The molecule has 1 fully saturated rings. The first-order chi connectivity index (χ1) is 6.79. The van der Waals surface area contributed by atoms with E-state index in [-0.39, 0.29) is 5.54 Å². The molecule has 0 bridgehead atoms.